The number of ketones is 2. The molecule has 3 rings (SSSR count). The summed E-state index contributed by atoms with van der Waals surface area (Å²) in [7, 11) is 0. The molecule has 1 aromatic heterocycles. The highest BCUT2D eigenvalue weighted by atomic mass is 35.5. The molecular weight excluding hydrogens is 355 g/mol. The van der Waals surface area contributed by atoms with E-state index in [9.17, 15) is 18.4 Å². The fraction of sp³-hybridized carbons (Fsp3) is 0.278. The Balaban J connectivity index is 1.85. The Bertz CT molecular complexity index is 848. The van der Waals surface area contributed by atoms with Crippen molar-refractivity contribution >= 4 is 23.2 Å². The zero-order valence-electron chi connectivity index (χ0n) is 13.0. The van der Waals surface area contributed by atoms with Crippen molar-refractivity contribution in [3.05, 3.63) is 63.9 Å². The number of rotatable bonds is 4. The Morgan fingerprint density at radius 2 is 2.08 bits per heavy atom. The van der Waals surface area contributed by atoms with E-state index in [1.165, 1.54) is 18.3 Å². The van der Waals surface area contributed by atoms with Gasteiger partial charge in [-0.3, -0.25) is 14.6 Å². The smallest absolute Gasteiger partial charge is 0.196 e. The van der Waals surface area contributed by atoms with Gasteiger partial charge in [-0.15, -0.1) is 0 Å². The van der Waals surface area contributed by atoms with Crippen LogP contribution in [0.4, 0.5) is 13.2 Å². The van der Waals surface area contributed by atoms with Crippen LogP contribution in [-0.2, 0) is 16.9 Å². The molecule has 1 atom stereocenters. The molecule has 3 nitrogen and oxygen atoms in total. The Morgan fingerprint density at radius 3 is 2.80 bits per heavy atom. The molecule has 1 aromatic carbocycles. The first-order chi connectivity index (χ1) is 11.8. The molecule has 0 bridgehead atoms. The summed E-state index contributed by atoms with van der Waals surface area (Å²) in [6.45, 7) is 0. The molecule has 0 unspecified atom stereocenters. The van der Waals surface area contributed by atoms with Crippen LogP contribution in [0.2, 0.25) is 5.02 Å². The Kier molecular flexibility index (Phi) is 4.64. The third-order valence-corrected chi connectivity index (χ3v) is 4.68. The monoisotopic (exact) mass is 367 g/mol. The van der Waals surface area contributed by atoms with Crippen molar-refractivity contribution < 1.29 is 22.8 Å². The van der Waals surface area contributed by atoms with Crippen molar-refractivity contribution in [1.82, 2.24) is 4.98 Å². The van der Waals surface area contributed by atoms with Crippen molar-refractivity contribution in [3.63, 3.8) is 0 Å². The van der Waals surface area contributed by atoms with Crippen molar-refractivity contribution in [2.24, 2.45) is 0 Å². The van der Waals surface area contributed by atoms with Crippen molar-refractivity contribution in [1.29, 1.82) is 0 Å². The molecule has 2 aromatic rings. The second-order valence-corrected chi connectivity index (χ2v) is 6.30. The summed E-state index contributed by atoms with van der Waals surface area (Å²) in [5.74, 6) is -2.81. The first-order valence-corrected chi connectivity index (χ1v) is 8.05. The summed E-state index contributed by atoms with van der Waals surface area (Å²) in [6, 6.07) is 4.42. The van der Waals surface area contributed by atoms with E-state index in [0.717, 1.165) is 6.07 Å². The standard InChI is InChI=1S/C18H13ClF3NO2/c19-13-8-10(20)9-14(21)11(13)3-4-16(25)18(22)6-5-15(24)17-12(18)2-1-7-23-17/h1-2,7-9H,3-6H2/t18-/m0/s1. The van der Waals surface area contributed by atoms with Crippen LogP contribution in [0.5, 0.6) is 0 Å². The predicted octanol–water partition coefficient (Wildman–Crippen LogP) is 4.36. The number of Topliss-reactive ketones (excluding diaryl/α,β-unsaturated/α-hetero) is 2. The summed E-state index contributed by atoms with van der Waals surface area (Å²) < 4.78 is 42.2. The van der Waals surface area contributed by atoms with Crippen LogP contribution in [0, 0.1) is 11.6 Å². The van der Waals surface area contributed by atoms with Gasteiger partial charge in [-0.1, -0.05) is 17.7 Å². The van der Waals surface area contributed by atoms with E-state index in [-0.39, 0.29) is 53.3 Å². The molecule has 0 radical (unpaired) electrons. The fourth-order valence-electron chi connectivity index (χ4n) is 3.02. The predicted molar refractivity (Wildman–Crippen MR) is 85.3 cm³/mol. The molecule has 0 spiro atoms. The maximum absolute atomic E-state index is 15.4. The summed E-state index contributed by atoms with van der Waals surface area (Å²) in [5, 5.41) is -0.154. The Hall–Kier alpha value is -2.21. The zero-order chi connectivity index (χ0) is 18.2. The molecule has 0 saturated heterocycles. The van der Waals surface area contributed by atoms with Gasteiger partial charge in [0.2, 0.25) is 0 Å². The maximum atomic E-state index is 15.4. The van der Waals surface area contributed by atoms with Crippen LogP contribution < -0.4 is 0 Å². The highest BCUT2D eigenvalue weighted by Crippen LogP contribution is 2.40. The first-order valence-electron chi connectivity index (χ1n) is 7.67. The average Bonchev–Trinajstić information content (AvgIpc) is 2.57. The number of aromatic nitrogens is 1. The third kappa shape index (κ3) is 3.18. The molecule has 1 aliphatic rings. The van der Waals surface area contributed by atoms with E-state index in [1.54, 1.807) is 0 Å². The molecular formula is C18H13ClF3NO2. The highest BCUT2D eigenvalue weighted by molar-refractivity contribution is 6.31. The summed E-state index contributed by atoms with van der Waals surface area (Å²) in [6.07, 6.45) is 0.460. The minimum atomic E-state index is -2.35. The number of fused-ring (bicyclic) bond motifs is 1. The summed E-state index contributed by atoms with van der Waals surface area (Å²) in [5.41, 5.74) is -2.49. The average molecular weight is 368 g/mol. The minimum Gasteiger partial charge on any atom is -0.296 e. The fourth-order valence-corrected chi connectivity index (χ4v) is 3.31. The van der Waals surface area contributed by atoms with Gasteiger partial charge in [0.15, 0.2) is 17.2 Å². The number of hydrogen-bond acceptors (Lipinski definition) is 3. The lowest BCUT2D eigenvalue weighted by molar-refractivity contribution is -0.131. The van der Waals surface area contributed by atoms with Crippen LogP contribution in [0.25, 0.3) is 0 Å². The van der Waals surface area contributed by atoms with Crippen LogP contribution in [-0.4, -0.2) is 16.6 Å². The SMILES string of the molecule is O=C1CC[C@@](F)(C(=O)CCc2c(F)cc(F)cc2Cl)c2cccnc21. The summed E-state index contributed by atoms with van der Waals surface area (Å²) in [4.78, 5) is 28.2. The molecule has 0 aliphatic heterocycles. The molecule has 1 aliphatic carbocycles. The lowest BCUT2D eigenvalue weighted by atomic mass is 9.78. The van der Waals surface area contributed by atoms with Crippen LogP contribution >= 0.6 is 11.6 Å². The molecule has 0 amide bonds. The van der Waals surface area contributed by atoms with Gasteiger partial charge in [0.05, 0.1) is 0 Å². The first kappa shape index (κ1) is 17.6. The van der Waals surface area contributed by atoms with E-state index in [1.807, 2.05) is 0 Å². The molecule has 25 heavy (non-hydrogen) atoms. The molecule has 0 N–H and O–H groups in total. The second-order valence-electron chi connectivity index (χ2n) is 5.90. The van der Waals surface area contributed by atoms with Crippen molar-refractivity contribution in [2.45, 2.75) is 31.4 Å². The van der Waals surface area contributed by atoms with E-state index in [4.69, 9.17) is 11.6 Å². The highest BCUT2D eigenvalue weighted by Gasteiger charge is 2.46. The van der Waals surface area contributed by atoms with Gasteiger partial charge in [0, 0.05) is 47.7 Å². The second kappa shape index (κ2) is 6.59. The third-order valence-electron chi connectivity index (χ3n) is 4.35. The number of benzene rings is 1. The van der Waals surface area contributed by atoms with Crippen LogP contribution in [0.3, 0.4) is 0 Å². The minimum absolute atomic E-state index is 0.0432. The lowest BCUT2D eigenvalue weighted by Crippen LogP contribution is -2.37. The number of hydrogen-bond donors (Lipinski definition) is 0. The molecule has 7 heteroatoms. The number of pyridine rings is 1. The van der Waals surface area contributed by atoms with Crippen LogP contribution in [0.15, 0.2) is 30.5 Å². The van der Waals surface area contributed by atoms with E-state index in [0.29, 0.717) is 6.07 Å². The number of halogens is 4. The Labute approximate surface area is 146 Å². The van der Waals surface area contributed by atoms with Crippen LogP contribution in [0.1, 0.15) is 40.9 Å². The maximum Gasteiger partial charge on any atom is 0.196 e. The molecule has 0 fully saturated rings. The topological polar surface area (TPSA) is 47.0 Å². The van der Waals surface area contributed by atoms with E-state index < -0.39 is 23.1 Å². The molecule has 0 saturated carbocycles. The lowest BCUT2D eigenvalue weighted by Gasteiger charge is -2.29. The molecule has 1 heterocycles. The van der Waals surface area contributed by atoms with Crippen molar-refractivity contribution in [3.8, 4) is 0 Å². The van der Waals surface area contributed by atoms with Gasteiger partial charge >= 0.3 is 0 Å². The number of alkyl halides is 1. The quantitative estimate of drug-likeness (QED) is 0.806. The van der Waals surface area contributed by atoms with Gasteiger partial charge < -0.3 is 0 Å². The van der Waals surface area contributed by atoms with Gasteiger partial charge in [-0.05, 0) is 18.6 Å². The van der Waals surface area contributed by atoms with Gasteiger partial charge in [-0.25, -0.2) is 13.2 Å². The number of carbonyl (C=O) groups is 2. The normalized spacial score (nSPS) is 19.6. The van der Waals surface area contributed by atoms with E-state index >= 15 is 4.39 Å². The summed E-state index contributed by atoms with van der Waals surface area (Å²) >= 11 is 5.80. The zero-order valence-corrected chi connectivity index (χ0v) is 13.7. The van der Waals surface area contributed by atoms with E-state index in [2.05, 4.69) is 4.98 Å². The van der Waals surface area contributed by atoms with Gasteiger partial charge in [0.25, 0.3) is 0 Å². The van der Waals surface area contributed by atoms with Gasteiger partial charge in [0.1, 0.15) is 17.3 Å². The largest absolute Gasteiger partial charge is 0.296 e. The Morgan fingerprint density at radius 1 is 1.32 bits per heavy atom. The number of nitrogens with zero attached hydrogens (tertiary/aromatic N) is 1. The van der Waals surface area contributed by atoms with Crippen molar-refractivity contribution in [2.75, 3.05) is 0 Å². The molecule has 130 valence electrons. The number of carbonyl (C=O) groups excluding carboxylic acids is 2. The van der Waals surface area contributed by atoms with Gasteiger partial charge in [-0.2, -0.15) is 0 Å².